The predicted molar refractivity (Wildman–Crippen MR) is 107 cm³/mol. The molecular weight excluding hydrogens is 382 g/mol. The maximum absolute atomic E-state index is 12.8. The number of anilines is 1. The second-order valence-corrected chi connectivity index (χ2v) is 8.50. The first kappa shape index (κ1) is 16.9. The van der Waals surface area contributed by atoms with Crippen molar-refractivity contribution in [3.05, 3.63) is 63.2 Å². The molecule has 0 aliphatic carbocycles. The molecule has 0 saturated carbocycles. The summed E-state index contributed by atoms with van der Waals surface area (Å²) in [5.74, 6) is 1.40. The molecule has 0 unspecified atom stereocenters. The van der Waals surface area contributed by atoms with Crippen LogP contribution in [0.15, 0.2) is 40.8 Å². The second-order valence-electron chi connectivity index (χ2n) is 6.96. The Kier molecular flexibility index (Phi) is 4.00. The lowest BCUT2D eigenvalue weighted by Gasteiger charge is -2.26. The number of rotatable bonds is 2. The minimum absolute atomic E-state index is 0.0276. The van der Waals surface area contributed by atoms with Gasteiger partial charge < -0.3 is 20.0 Å². The van der Waals surface area contributed by atoms with E-state index in [1.54, 1.807) is 11.3 Å². The zero-order valence-corrected chi connectivity index (χ0v) is 16.3. The highest BCUT2D eigenvalue weighted by atomic mass is 35.5. The number of hydrogen-bond acceptors (Lipinski definition) is 5. The third kappa shape index (κ3) is 2.94. The van der Waals surface area contributed by atoms with Crippen LogP contribution in [0.3, 0.4) is 0 Å². The molecule has 1 amide bonds. The summed E-state index contributed by atoms with van der Waals surface area (Å²) >= 11 is 7.63. The van der Waals surface area contributed by atoms with Crippen molar-refractivity contribution >= 4 is 33.8 Å². The van der Waals surface area contributed by atoms with Crippen LogP contribution in [-0.2, 0) is 13.0 Å². The normalized spacial score (nSPS) is 19.2. The fraction of sp³-hybridized carbons (Fsp3) is 0.250. The average molecular weight is 400 g/mol. The number of likely N-dealkylation sites (N-methyl/N-ethyl adjacent to an activating group) is 1. The van der Waals surface area contributed by atoms with Gasteiger partial charge in [0.1, 0.15) is 16.5 Å². The number of hydrogen-bond donors (Lipinski definition) is 2. The standard InChI is InChI=1S/C20H18ClN3O2S/c1-24-9-8-13-16(10-24)27-20-17(13)19(25)22-18(23-20)15-7-6-14(26-15)11-2-4-12(21)5-3-11/h2-7,18,23H,8-10H2,1H3,(H,22,25)/t18-/m0/s1. The summed E-state index contributed by atoms with van der Waals surface area (Å²) in [6, 6.07) is 11.3. The van der Waals surface area contributed by atoms with Crippen molar-refractivity contribution in [3.63, 3.8) is 0 Å². The lowest BCUT2D eigenvalue weighted by Crippen LogP contribution is -2.38. The Morgan fingerprint density at radius 1 is 1.19 bits per heavy atom. The second kappa shape index (κ2) is 6.41. The lowest BCUT2D eigenvalue weighted by atomic mass is 10.0. The molecule has 7 heteroatoms. The van der Waals surface area contributed by atoms with Gasteiger partial charge in [0.25, 0.3) is 5.91 Å². The average Bonchev–Trinajstić information content (AvgIpc) is 3.26. The molecule has 2 aliphatic heterocycles. The number of carbonyl (C=O) groups excluding carboxylic acids is 1. The van der Waals surface area contributed by atoms with E-state index < -0.39 is 0 Å². The van der Waals surface area contributed by atoms with E-state index in [-0.39, 0.29) is 12.1 Å². The number of nitrogens with one attached hydrogen (secondary N) is 2. The number of halogens is 1. The van der Waals surface area contributed by atoms with E-state index in [2.05, 4.69) is 22.6 Å². The number of nitrogens with zero attached hydrogens (tertiary/aromatic N) is 1. The smallest absolute Gasteiger partial charge is 0.256 e. The highest BCUT2D eigenvalue weighted by molar-refractivity contribution is 7.16. The molecule has 2 N–H and O–H groups in total. The largest absolute Gasteiger partial charge is 0.457 e. The Balaban J connectivity index is 1.44. The van der Waals surface area contributed by atoms with Crippen LogP contribution < -0.4 is 10.6 Å². The van der Waals surface area contributed by atoms with E-state index in [0.29, 0.717) is 10.8 Å². The van der Waals surface area contributed by atoms with Gasteiger partial charge in [-0.2, -0.15) is 0 Å². The highest BCUT2D eigenvalue weighted by Gasteiger charge is 2.33. The van der Waals surface area contributed by atoms with Crippen LogP contribution in [0.2, 0.25) is 5.02 Å². The summed E-state index contributed by atoms with van der Waals surface area (Å²) in [7, 11) is 2.11. The van der Waals surface area contributed by atoms with Crippen LogP contribution in [0.4, 0.5) is 5.00 Å². The van der Waals surface area contributed by atoms with Gasteiger partial charge in [-0.05, 0) is 55.4 Å². The summed E-state index contributed by atoms with van der Waals surface area (Å²) in [4.78, 5) is 16.3. The van der Waals surface area contributed by atoms with Crippen molar-refractivity contribution in [2.45, 2.75) is 19.1 Å². The molecule has 27 heavy (non-hydrogen) atoms. The van der Waals surface area contributed by atoms with Gasteiger partial charge in [-0.25, -0.2) is 0 Å². The predicted octanol–water partition coefficient (Wildman–Crippen LogP) is 4.50. The molecule has 138 valence electrons. The van der Waals surface area contributed by atoms with Gasteiger partial charge >= 0.3 is 0 Å². The summed E-state index contributed by atoms with van der Waals surface area (Å²) in [6.45, 7) is 1.88. The van der Waals surface area contributed by atoms with E-state index in [4.69, 9.17) is 16.0 Å². The fourth-order valence-electron chi connectivity index (χ4n) is 3.66. The van der Waals surface area contributed by atoms with Crippen LogP contribution in [0.1, 0.15) is 32.7 Å². The van der Waals surface area contributed by atoms with E-state index in [0.717, 1.165) is 41.4 Å². The molecule has 1 aromatic carbocycles. The van der Waals surface area contributed by atoms with Crippen LogP contribution in [0, 0.1) is 0 Å². The summed E-state index contributed by atoms with van der Waals surface area (Å²) in [5.41, 5.74) is 2.95. The number of benzene rings is 1. The van der Waals surface area contributed by atoms with Gasteiger partial charge in [-0.1, -0.05) is 11.6 Å². The molecule has 0 radical (unpaired) electrons. The van der Waals surface area contributed by atoms with Gasteiger partial charge in [-0.3, -0.25) is 4.79 Å². The molecule has 0 bridgehead atoms. The monoisotopic (exact) mass is 399 g/mol. The molecule has 5 rings (SSSR count). The van der Waals surface area contributed by atoms with Crippen LogP contribution in [0.5, 0.6) is 0 Å². The summed E-state index contributed by atoms with van der Waals surface area (Å²) in [6.07, 6.45) is 0.544. The molecule has 0 saturated heterocycles. The quantitative estimate of drug-likeness (QED) is 0.666. The molecule has 1 atom stereocenters. The minimum Gasteiger partial charge on any atom is -0.457 e. The van der Waals surface area contributed by atoms with Crippen molar-refractivity contribution in [3.8, 4) is 11.3 Å². The zero-order chi connectivity index (χ0) is 18.5. The molecular formula is C20H18ClN3O2S. The molecule has 5 nitrogen and oxygen atoms in total. The number of amides is 1. The third-order valence-corrected chi connectivity index (χ3v) is 6.47. The van der Waals surface area contributed by atoms with E-state index in [1.165, 1.54) is 10.4 Å². The molecule has 2 aromatic heterocycles. The Morgan fingerprint density at radius 2 is 2.00 bits per heavy atom. The zero-order valence-electron chi connectivity index (χ0n) is 14.7. The SMILES string of the molecule is CN1CCc2c(sc3c2C(=O)N[C@H](c2ccc(-c4ccc(Cl)cc4)o2)N3)C1. The number of carbonyl (C=O) groups is 1. The van der Waals surface area contributed by atoms with Crippen molar-refractivity contribution in [1.29, 1.82) is 0 Å². The Morgan fingerprint density at radius 3 is 2.81 bits per heavy atom. The maximum atomic E-state index is 12.8. The van der Waals surface area contributed by atoms with Crippen molar-refractivity contribution in [1.82, 2.24) is 10.2 Å². The summed E-state index contributed by atoms with van der Waals surface area (Å²) < 4.78 is 6.01. The van der Waals surface area contributed by atoms with E-state index in [9.17, 15) is 4.79 Å². The third-order valence-electron chi connectivity index (χ3n) is 5.07. The van der Waals surface area contributed by atoms with Gasteiger partial charge in [0.2, 0.25) is 0 Å². The molecule has 0 spiro atoms. The maximum Gasteiger partial charge on any atom is 0.256 e. The van der Waals surface area contributed by atoms with Crippen LogP contribution in [-0.4, -0.2) is 24.4 Å². The number of fused-ring (bicyclic) bond motifs is 3. The number of furan rings is 1. The highest BCUT2D eigenvalue weighted by Crippen LogP contribution is 2.41. The topological polar surface area (TPSA) is 57.5 Å². The van der Waals surface area contributed by atoms with Crippen molar-refractivity contribution in [2.75, 3.05) is 18.9 Å². The molecule has 4 heterocycles. The molecule has 0 fully saturated rings. The fourth-order valence-corrected chi connectivity index (χ4v) is 5.14. The van der Waals surface area contributed by atoms with Crippen LogP contribution >= 0.6 is 22.9 Å². The van der Waals surface area contributed by atoms with Crippen molar-refractivity contribution < 1.29 is 9.21 Å². The first-order valence-corrected chi connectivity index (χ1v) is 10.0. The first-order valence-electron chi connectivity index (χ1n) is 8.84. The van der Waals surface area contributed by atoms with Gasteiger partial charge in [0, 0.05) is 28.6 Å². The number of thiophene rings is 1. The van der Waals surface area contributed by atoms with Gasteiger partial charge in [0.15, 0.2) is 6.17 Å². The first-order chi connectivity index (χ1) is 13.1. The Bertz CT molecular complexity index is 1020. The van der Waals surface area contributed by atoms with Crippen LogP contribution in [0.25, 0.3) is 11.3 Å². The Labute approximate surface area is 165 Å². The minimum atomic E-state index is -0.371. The molecule has 3 aromatic rings. The Hall–Kier alpha value is -2.28. The van der Waals surface area contributed by atoms with E-state index in [1.807, 2.05) is 36.4 Å². The molecule has 2 aliphatic rings. The lowest BCUT2D eigenvalue weighted by molar-refractivity contribution is 0.0930. The van der Waals surface area contributed by atoms with Gasteiger partial charge in [-0.15, -0.1) is 11.3 Å². The summed E-state index contributed by atoms with van der Waals surface area (Å²) in [5, 5.41) is 8.11. The van der Waals surface area contributed by atoms with Crippen molar-refractivity contribution in [2.24, 2.45) is 0 Å². The van der Waals surface area contributed by atoms with E-state index >= 15 is 0 Å². The van der Waals surface area contributed by atoms with Gasteiger partial charge in [0.05, 0.1) is 5.56 Å².